The average Bonchev–Trinajstić information content (AvgIpc) is 3.07. The first-order valence-electron chi connectivity index (χ1n) is 8.40. The van der Waals surface area contributed by atoms with Crippen LogP contribution in [0.15, 0.2) is 36.7 Å². The minimum Gasteiger partial charge on any atom is -0.341 e. The zero-order chi connectivity index (χ0) is 19.4. The van der Waals surface area contributed by atoms with Crippen molar-refractivity contribution in [1.29, 1.82) is 0 Å². The van der Waals surface area contributed by atoms with Crippen LogP contribution in [0.25, 0.3) is 0 Å². The summed E-state index contributed by atoms with van der Waals surface area (Å²) in [4.78, 5) is 22.2. The third kappa shape index (κ3) is 4.32. The molecule has 0 unspecified atom stereocenters. The summed E-state index contributed by atoms with van der Waals surface area (Å²) >= 11 is 0. The van der Waals surface area contributed by atoms with E-state index in [9.17, 15) is 4.79 Å². The second-order valence-corrected chi connectivity index (χ2v) is 6.09. The number of nitrogens with one attached hydrogen (secondary N) is 4. The number of urea groups is 1. The largest absolute Gasteiger partial charge is 0.341 e. The number of carbonyl (C=O) groups excluding carboxylic acids is 1. The van der Waals surface area contributed by atoms with Gasteiger partial charge in [-0.3, -0.25) is 15.0 Å². The molecular weight excluding hydrogens is 344 g/mol. The summed E-state index contributed by atoms with van der Waals surface area (Å²) in [7, 11) is 3.33. The molecule has 3 rings (SSSR count). The second-order valence-electron chi connectivity index (χ2n) is 6.09. The maximum absolute atomic E-state index is 11.9. The minimum atomic E-state index is -0.185. The van der Waals surface area contributed by atoms with Gasteiger partial charge in [-0.15, -0.1) is 0 Å². The molecule has 0 aliphatic carbocycles. The Bertz CT molecular complexity index is 952. The Balaban J connectivity index is 1.79. The summed E-state index contributed by atoms with van der Waals surface area (Å²) < 4.78 is 0. The number of rotatable bonds is 5. The van der Waals surface area contributed by atoms with Gasteiger partial charge in [-0.25, -0.2) is 9.78 Å². The predicted octanol–water partition coefficient (Wildman–Crippen LogP) is 3.08. The van der Waals surface area contributed by atoms with Crippen LogP contribution in [0.1, 0.15) is 11.3 Å². The Kier molecular flexibility index (Phi) is 5.20. The molecule has 2 heterocycles. The summed E-state index contributed by atoms with van der Waals surface area (Å²) in [6, 6.07) is 7.45. The number of carbonyl (C=O) groups is 1. The molecule has 0 fully saturated rings. The van der Waals surface area contributed by atoms with Crippen LogP contribution in [0, 0.1) is 13.8 Å². The Hall–Kier alpha value is -3.62. The molecule has 0 bridgehead atoms. The number of aromatic nitrogens is 4. The third-order valence-corrected chi connectivity index (χ3v) is 3.96. The maximum Gasteiger partial charge on any atom is 0.321 e. The van der Waals surface area contributed by atoms with Crippen molar-refractivity contribution in [2.75, 3.05) is 29.6 Å². The van der Waals surface area contributed by atoms with Crippen LogP contribution in [0.5, 0.6) is 0 Å². The van der Waals surface area contributed by atoms with Crippen molar-refractivity contribution >= 4 is 34.9 Å². The van der Waals surface area contributed by atoms with Gasteiger partial charge in [0.25, 0.3) is 0 Å². The topological polar surface area (TPSA) is 111 Å². The van der Waals surface area contributed by atoms with Crippen LogP contribution in [-0.2, 0) is 0 Å². The van der Waals surface area contributed by atoms with Crippen molar-refractivity contribution in [2.45, 2.75) is 13.8 Å². The van der Waals surface area contributed by atoms with Gasteiger partial charge in [-0.2, -0.15) is 5.10 Å². The normalized spacial score (nSPS) is 10.4. The van der Waals surface area contributed by atoms with Gasteiger partial charge in [0, 0.05) is 31.5 Å². The summed E-state index contributed by atoms with van der Waals surface area (Å²) in [5.74, 6) is 1.81. The molecule has 0 radical (unpaired) electrons. The lowest BCUT2D eigenvalue weighted by atomic mass is 10.1. The van der Waals surface area contributed by atoms with Gasteiger partial charge >= 0.3 is 6.03 Å². The fraction of sp³-hybridized carbons (Fsp3) is 0.222. The van der Waals surface area contributed by atoms with E-state index in [1.165, 1.54) is 0 Å². The zero-order valence-electron chi connectivity index (χ0n) is 15.7. The second kappa shape index (κ2) is 7.73. The molecule has 2 amide bonds. The van der Waals surface area contributed by atoms with E-state index >= 15 is 0 Å². The van der Waals surface area contributed by atoms with Crippen LogP contribution in [0.2, 0.25) is 0 Å². The van der Waals surface area contributed by atoms with Gasteiger partial charge < -0.3 is 16.0 Å². The molecule has 4 N–H and O–H groups in total. The lowest BCUT2D eigenvalue weighted by Crippen LogP contribution is -2.35. The molecular formula is C18H22N8O. The summed E-state index contributed by atoms with van der Waals surface area (Å²) in [5, 5.41) is 15.9. The van der Waals surface area contributed by atoms with Gasteiger partial charge in [-0.05, 0) is 31.5 Å². The molecule has 0 saturated carbocycles. The van der Waals surface area contributed by atoms with E-state index in [4.69, 9.17) is 0 Å². The van der Waals surface area contributed by atoms with Crippen molar-refractivity contribution in [3.8, 4) is 0 Å². The van der Waals surface area contributed by atoms with Gasteiger partial charge in [-0.1, -0.05) is 6.07 Å². The first-order valence-corrected chi connectivity index (χ1v) is 8.40. The van der Waals surface area contributed by atoms with E-state index in [0.29, 0.717) is 17.5 Å². The smallest absolute Gasteiger partial charge is 0.321 e. The fourth-order valence-corrected chi connectivity index (χ4v) is 2.57. The van der Waals surface area contributed by atoms with Crippen LogP contribution in [0.3, 0.4) is 0 Å². The number of hydrogen-bond donors (Lipinski definition) is 4. The quantitative estimate of drug-likeness (QED) is 0.552. The first kappa shape index (κ1) is 18.2. The molecule has 3 aromatic rings. The molecule has 2 aromatic heterocycles. The van der Waals surface area contributed by atoms with Gasteiger partial charge in [0.1, 0.15) is 0 Å². The molecule has 0 atom stereocenters. The predicted molar refractivity (Wildman–Crippen MR) is 106 cm³/mol. The molecule has 0 aliphatic heterocycles. The Morgan fingerprint density at radius 2 is 1.81 bits per heavy atom. The number of amides is 2. The highest BCUT2D eigenvalue weighted by atomic mass is 16.2. The summed E-state index contributed by atoms with van der Waals surface area (Å²) in [6.07, 6.45) is 3.25. The number of hydrogen-bond acceptors (Lipinski definition) is 6. The summed E-state index contributed by atoms with van der Waals surface area (Å²) in [6.45, 7) is 3.88. The molecule has 9 nitrogen and oxygen atoms in total. The van der Waals surface area contributed by atoms with E-state index in [1.807, 2.05) is 38.1 Å². The lowest BCUT2D eigenvalue weighted by molar-refractivity contribution is 0.249. The highest BCUT2D eigenvalue weighted by molar-refractivity contribution is 5.92. The third-order valence-electron chi connectivity index (χ3n) is 3.96. The van der Waals surface area contributed by atoms with E-state index in [-0.39, 0.29) is 6.03 Å². The van der Waals surface area contributed by atoms with Gasteiger partial charge in [0.2, 0.25) is 0 Å². The van der Waals surface area contributed by atoms with Crippen LogP contribution in [-0.4, -0.2) is 40.3 Å². The Morgan fingerprint density at radius 3 is 2.48 bits per heavy atom. The minimum absolute atomic E-state index is 0.185. The van der Waals surface area contributed by atoms with Crippen molar-refractivity contribution in [2.24, 2.45) is 0 Å². The van der Waals surface area contributed by atoms with Crippen molar-refractivity contribution in [1.82, 2.24) is 25.5 Å². The van der Waals surface area contributed by atoms with Gasteiger partial charge in [0.15, 0.2) is 17.5 Å². The van der Waals surface area contributed by atoms with Crippen LogP contribution in [0.4, 0.5) is 33.6 Å². The van der Waals surface area contributed by atoms with Crippen LogP contribution < -0.4 is 20.9 Å². The first-order chi connectivity index (χ1) is 13.0. The van der Waals surface area contributed by atoms with E-state index in [2.05, 4.69) is 36.1 Å². The molecule has 0 aliphatic rings. The summed E-state index contributed by atoms with van der Waals surface area (Å²) in [5.41, 5.74) is 3.54. The highest BCUT2D eigenvalue weighted by Gasteiger charge is 2.12. The van der Waals surface area contributed by atoms with Crippen LogP contribution >= 0.6 is 0 Å². The number of aryl methyl sites for hydroxylation is 2. The molecule has 140 valence electrons. The van der Waals surface area contributed by atoms with Crippen molar-refractivity contribution < 1.29 is 4.79 Å². The Labute approximate surface area is 157 Å². The standard InChI is InChI=1S/C18H22N8O/c1-11-5-6-13(8-14(11)26(4)18(27)19-3)21-16-9-20-10-17(23-16)22-15-7-12(2)24-25-15/h5-10H,1-4H3,(H,19,27)(H3,21,22,23,24,25). The van der Waals surface area contributed by atoms with Crippen molar-refractivity contribution in [3.05, 3.63) is 47.9 Å². The van der Waals surface area contributed by atoms with Crippen molar-refractivity contribution in [3.63, 3.8) is 0 Å². The average molecular weight is 366 g/mol. The maximum atomic E-state index is 11.9. The molecule has 1 aromatic carbocycles. The number of benzene rings is 1. The number of nitrogens with zero attached hydrogens (tertiary/aromatic N) is 4. The molecule has 27 heavy (non-hydrogen) atoms. The zero-order valence-corrected chi connectivity index (χ0v) is 15.7. The molecule has 0 spiro atoms. The number of H-pyrrole nitrogens is 1. The van der Waals surface area contributed by atoms with Gasteiger partial charge in [0.05, 0.1) is 18.1 Å². The lowest BCUT2D eigenvalue weighted by Gasteiger charge is -2.20. The monoisotopic (exact) mass is 366 g/mol. The van der Waals surface area contributed by atoms with E-state index in [1.54, 1.807) is 31.4 Å². The molecule has 9 heteroatoms. The number of anilines is 5. The Morgan fingerprint density at radius 1 is 1.07 bits per heavy atom. The molecule has 0 saturated heterocycles. The fourth-order valence-electron chi connectivity index (χ4n) is 2.57. The SMILES string of the molecule is CNC(=O)N(C)c1cc(Nc2cncc(Nc3cc(C)[nH]n3)n2)ccc1C. The highest BCUT2D eigenvalue weighted by Crippen LogP contribution is 2.25. The van der Waals surface area contributed by atoms with E-state index in [0.717, 1.165) is 22.6 Å². The van der Waals surface area contributed by atoms with E-state index < -0.39 is 0 Å². The number of aromatic amines is 1.